The van der Waals surface area contributed by atoms with Gasteiger partial charge in [-0.1, -0.05) is 76.7 Å². The number of allylic oxidation sites excluding steroid dienone is 2. The van der Waals surface area contributed by atoms with E-state index in [9.17, 15) is 9.18 Å². The van der Waals surface area contributed by atoms with Crippen LogP contribution in [0.3, 0.4) is 0 Å². The van der Waals surface area contributed by atoms with E-state index in [1.807, 2.05) is 0 Å². The first-order valence-electron chi connectivity index (χ1n) is 12.2. The Hall–Kier alpha value is -1.68. The zero-order valence-corrected chi connectivity index (χ0v) is 19.4. The van der Waals surface area contributed by atoms with Crippen LogP contribution in [0.15, 0.2) is 36.4 Å². The first kappa shape index (κ1) is 25.6. The Labute approximate surface area is 188 Å². The van der Waals surface area contributed by atoms with Crippen LogP contribution >= 0.6 is 0 Å². The third kappa shape index (κ3) is 10.5. The van der Waals surface area contributed by atoms with E-state index in [0.29, 0.717) is 13.0 Å². The van der Waals surface area contributed by atoms with Crippen molar-refractivity contribution in [3.8, 4) is 0 Å². The van der Waals surface area contributed by atoms with Gasteiger partial charge >= 0.3 is 5.97 Å². The minimum atomic E-state index is -0.789. The lowest BCUT2D eigenvalue weighted by atomic mass is 9.96. The van der Waals surface area contributed by atoms with Gasteiger partial charge in [-0.25, -0.2) is 4.39 Å². The third-order valence-corrected chi connectivity index (χ3v) is 6.57. The molecule has 1 fully saturated rings. The maximum atomic E-state index is 12.9. The molecule has 0 radical (unpaired) electrons. The van der Waals surface area contributed by atoms with Crippen molar-refractivity contribution in [3.05, 3.63) is 47.8 Å². The van der Waals surface area contributed by atoms with Gasteiger partial charge in [0.05, 0.1) is 12.7 Å². The molecule has 2 aliphatic carbocycles. The molecule has 4 unspecified atom stereocenters. The van der Waals surface area contributed by atoms with Crippen molar-refractivity contribution >= 4 is 5.97 Å². The summed E-state index contributed by atoms with van der Waals surface area (Å²) in [6, 6.07) is 6.24. The number of unbranched alkanes of at least 4 members (excludes halogenated alkanes) is 5. The monoisotopic (exact) mass is 432 g/mol. The predicted octanol–water partition coefficient (Wildman–Crippen LogP) is 7.54. The number of aliphatic carboxylic acids is 1. The molecule has 0 aromatic heterocycles. The summed E-state index contributed by atoms with van der Waals surface area (Å²) >= 11 is 0. The summed E-state index contributed by atoms with van der Waals surface area (Å²) < 4.78 is 18.7. The van der Waals surface area contributed by atoms with Crippen LogP contribution in [0.1, 0.15) is 90.0 Å². The van der Waals surface area contributed by atoms with Crippen LogP contribution in [-0.2, 0) is 16.1 Å². The van der Waals surface area contributed by atoms with E-state index in [1.54, 1.807) is 12.1 Å². The zero-order valence-electron chi connectivity index (χ0n) is 19.4. The van der Waals surface area contributed by atoms with E-state index in [2.05, 4.69) is 26.0 Å². The van der Waals surface area contributed by atoms with Gasteiger partial charge in [0.15, 0.2) is 0 Å². The van der Waals surface area contributed by atoms with Gasteiger partial charge in [-0.3, -0.25) is 4.79 Å². The van der Waals surface area contributed by atoms with Gasteiger partial charge in [-0.05, 0) is 61.1 Å². The lowest BCUT2D eigenvalue weighted by molar-refractivity contribution is -0.138. The summed E-state index contributed by atoms with van der Waals surface area (Å²) in [6.45, 7) is 4.97. The second-order valence-corrected chi connectivity index (χ2v) is 9.31. The van der Waals surface area contributed by atoms with E-state index in [-0.39, 0.29) is 18.3 Å². The highest BCUT2D eigenvalue weighted by Gasteiger charge is 2.32. The fourth-order valence-corrected chi connectivity index (χ4v) is 4.60. The van der Waals surface area contributed by atoms with Gasteiger partial charge in [0.1, 0.15) is 5.82 Å². The van der Waals surface area contributed by atoms with E-state index in [4.69, 9.17) is 9.84 Å². The van der Waals surface area contributed by atoms with E-state index in [0.717, 1.165) is 36.2 Å². The molecule has 0 amide bonds. The molecule has 174 valence electrons. The molecule has 1 N–H and O–H groups in total. The van der Waals surface area contributed by atoms with Gasteiger partial charge in [0, 0.05) is 6.42 Å². The Balaban J connectivity index is 0.000000348. The van der Waals surface area contributed by atoms with Gasteiger partial charge in [0.2, 0.25) is 0 Å². The van der Waals surface area contributed by atoms with Crippen molar-refractivity contribution in [2.45, 2.75) is 97.2 Å². The number of carbonyl (C=O) groups is 1. The van der Waals surface area contributed by atoms with Crippen molar-refractivity contribution in [1.29, 1.82) is 0 Å². The van der Waals surface area contributed by atoms with E-state index >= 15 is 0 Å². The van der Waals surface area contributed by atoms with Crippen LogP contribution in [0, 0.1) is 23.6 Å². The van der Waals surface area contributed by atoms with Crippen LogP contribution < -0.4 is 0 Å². The quantitative estimate of drug-likeness (QED) is 0.259. The molecule has 2 aliphatic rings. The lowest BCUT2D eigenvalue weighted by Crippen LogP contribution is -2.15. The average Bonchev–Trinajstić information content (AvgIpc) is 3.36. The average molecular weight is 433 g/mol. The maximum Gasteiger partial charge on any atom is 0.303 e. The molecule has 31 heavy (non-hydrogen) atoms. The van der Waals surface area contributed by atoms with Gasteiger partial charge in [0.25, 0.3) is 0 Å². The third-order valence-electron chi connectivity index (χ3n) is 6.57. The van der Waals surface area contributed by atoms with Gasteiger partial charge in [-0.15, -0.1) is 0 Å². The van der Waals surface area contributed by atoms with Crippen molar-refractivity contribution in [1.82, 2.24) is 0 Å². The van der Waals surface area contributed by atoms with Gasteiger partial charge in [-0.2, -0.15) is 0 Å². The Morgan fingerprint density at radius 2 is 1.77 bits per heavy atom. The van der Waals surface area contributed by atoms with E-state index < -0.39 is 5.97 Å². The van der Waals surface area contributed by atoms with Crippen molar-refractivity contribution in [3.63, 3.8) is 0 Å². The topological polar surface area (TPSA) is 46.5 Å². The molecule has 2 bridgehead atoms. The maximum absolute atomic E-state index is 12.9. The Morgan fingerprint density at radius 1 is 1.06 bits per heavy atom. The number of halogens is 1. The predicted molar refractivity (Wildman–Crippen MR) is 124 cm³/mol. The summed E-state index contributed by atoms with van der Waals surface area (Å²) in [5.41, 5.74) is 0.912. The standard InChI is InChI=1S/C19H29FO3.C8H12/c1-2-3-4-5-6-7-8-18(13-14-19(21)22)23-15-16-9-11-17(20)12-10-16;1-6-4-7-2-3-8(6)5-7/h9-12,18H,2-8,13-15H2,1H3,(H,21,22);2-3,6-8H,4-5H2,1H3. The Morgan fingerprint density at radius 3 is 2.32 bits per heavy atom. The van der Waals surface area contributed by atoms with Crippen LogP contribution in [0.25, 0.3) is 0 Å². The summed E-state index contributed by atoms with van der Waals surface area (Å²) in [6.07, 6.45) is 16.5. The first-order chi connectivity index (χ1) is 15.0. The highest BCUT2D eigenvalue weighted by Crippen LogP contribution is 2.42. The molecule has 4 heteroatoms. The number of hydrogen-bond donors (Lipinski definition) is 1. The highest BCUT2D eigenvalue weighted by molar-refractivity contribution is 5.66. The molecule has 3 nitrogen and oxygen atoms in total. The van der Waals surface area contributed by atoms with Gasteiger partial charge < -0.3 is 9.84 Å². The van der Waals surface area contributed by atoms with Crippen molar-refractivity contribution in [2.24, 2.45) is 17.8 Å². The number of hydrogen-bond acceptors (Lipinski definition) is 2. The minimum absolute atomic E-state index is 0.0395. The zero-order chi connectivity index (χ0) is 22.5. The molecule has 4 atom stereocenters. The molecule has 0 heterocycles. The molecular formula is C27H41FO3. The second-order valence-electron chi connectivity index (χ2n) is 9.31. The number of ether oxygens (including phenoxy) is 1. The molecular weight excluding hydrogens is 391 g/mol. The molecule has 1 saturated carbocycles. The van der Waals surface area contributed by atoms with Crippen LogP contribution in [0.4, 0.5) is 4.39 Å². The first-order valence-corrected chi connectivity index (χ1v) is 12.2. The number of rotatable bonds is 13. The largest absolute Gasteiger partial charge is 0.481 e. The second kappa shape index (κ2) is 14.4. The summed E-state index contributed by atoms with van der Waals surface area (Å²) in [5, 5.41) is 8.85. The fraction of sp³-hybridized carbons (Fsp3) is 0.667. The summed E-state index contributed by atoms with van der Waals surface area (Å²) in [4.78, 5) is 10.8. The van der Waals surface area contributed by atoms with Crippen LogP contribution in [0.5, 0.6) is 0 Å². The molecule has 0 spiro atoms. The number of benzene rings is 1. The van der Waals surface area contributed by atoms with Crippen LogP contribution in [0.2, 0.25) is 0 Å². The highest BCUT2D eigenvalue weighted by atomic mass is 19.1. The number of carboxylic acids is 1. The van der Waals surface area contributed by atoms with Crippen LogP contribution in [-0.4, -0.2) is 17.2 Å². The minimum Gasteiger partial charge on any atom is -0.481 e. The Bertz CT molecular complexity index is 655. The lowest BCUT2D eigenvalue weighted by Gasteiger charge is -2.17. The smallest absolute Gasteiger partial charge is 0.303 e. The summed E-state index contributed by atoms with van der Waals surface area (Å²) in [7, 11) is 0. The normalized spacial score (nSPS) is 22.2. The number of carboxylic acid groups (broad SMARTS) is 1. The molecule has 0 aliphatic heterocycles. The molecule has 1 aromatic rings. The molecule has 1 aromatic carbocycles. The summed E-state index contributed by atoms with van der Waals surface area (Å²) in [5.74, 6) is 1.87. The molecule has 3 rings (SSSR count). The SMILES string of the molecule is CC1CC2C=CC1C2.CCCCCCCCC(CCC(=O)O)OCc1ccc(F)cc1. The fourth-order valence-electron chi connectivity index (χ4n) is 4.60. The Kier molecular flexibility index (Phi) is 11.9. The molecule has 0 saturated heterocycles. The van der Waals surface area contributed by atoms with E-state index in [1.165, 1.54) is 57.1 Å². The van der Waals surface area contributed by atoms with Crippen molar-refractivity contribution in [2.75, 3.05) is 0 Å². The van der Waals surface area contributed by atoms with Crippen molar-refractivity contribution < 1.29 is 19.0 Å². The number of fused-ring (bicyclic) bond motifs is 2.